The summed E-state index contributed by atoms with van der Waals surface area (Å²) in [5, 5.41) is 5.88. The van der Waals surface area contributed by atoms with Crippen molar-refractivity contribution in [2.75, 3.05) is 55.4 Å². The van der Waals surface area contributed by atoms with Gasteiger partial charge in [-0.2, -0.15) is 0 Å². The first kappa shape index (κ1) is 19.5. The summed E-state index contributed by atoms with van der Waals surface area (Å²) in [5.41, 5.74) is 2.65. The molecule has 2 amide bonds. The fraction of sp³-hybridized carbons (Fsp3) is 0.333. The Morgan fingerprint density at radius 2 is 1.68 bits per heavy atom. The van der Waals surface area contributed by atoms with Crippen molar-refractivity contribution in [3.05, 3.63) is 48.5 Å². The topological polar surface area (TPSA) is 73.9 Å². The average molecular weight is 382 g/mol. The molecular weight excluding hydrogens is 356 g/mol. The summed E-state index contributed by atoms with van der Waals surface area (Å²) in [6.07, 6.45) is 0. The third-order valence-corrected chi connectivity index (χ3v) is 4.70. The minimum Gasteiger partial charge on any atom is -0.497 e. The highest BCUT2D eigenvalue weighted by atomic mass is 16.5. The van der Waals surface area contributed by atoms with E-state index in [4.69, 9.17) is 4.74 Å². The standard InChI is InChI=1S/C21H26N4O3/c1-16(26)23-18-5-3-4-17(14-18)22-15-21(27)25-12-10-24(11-13-25)19-6-8-20(28-2)9-7-19/h3-9,14,22H,10-13,15H2,1-2H3,(H,23,26). The maximum absolute atomic E-state index is 12.5. The van der Waals surface area contributed by atoms with Gasteiger partial charge in [-0.1, -0.05) is 6.07 Å². The van der Waals surface area contributed by atoms with E-state index in [1.807, 2.05) is 53.4 Å². The van der Waals surface area contributed by atoms with Gasteiger partial charge >= 0.3 is 0 Å². The predicted molar refractivity (Wildman–Crippen MR) is 111 cm³/mol. The van der Waals surface area contributed by atoms with Crippen molar-refractivity contribution < 1.29 is 14.3 Å². The highest BCUT2D eigenvalue weighted by Gasteiger charge is 2.21. The number of methoxy groups -OCH3 is 1. The molecule has 0 bridgehead atoms. The van der Waals surface area contributed by atoms with E-state index in [0.717, 1.165) is 30.2 Å². The number of hydrogen-bond donors (Lipinski definition) is 2. The summed E-state index contributed by atoms with van der Waals surface area (Å²) in [6, 6.07) is 15.3. The normalized spacial score (nSPS) is 13.8. The van der Waals surface area contributed by atoms with Crippen molar-refractivity contribution >= 4 is 28.9 Å². The van der Waals surface area contributed by atoms with E-state index in [1.54, 1.807) is 7.11 Å². The summed E-state index contributed by atoms with van der Waals surface area (Å²) >= 11 is 0. The minimum absolute atomic E-state index is 0.0688. The van der Waals surface area contributed by atoms with Crippen molar-refractivity contribution in [3.8, 4) is 5.75 Å². The SMILES string of the molecule is COc1ccc(N2CCN(C(=O)CNc3cccc(NC(C)=O)c3)CC2)cc1. The lowest BCUT2D eigenvalue weighted by atomic mass is 10.2. The number of carbonyl (C=O) groups excluding carboxylic acids is 2. The number of hydrogen-bond acceptors (Lipinski definition) is 5. The molecule has 0 saturated carbocycles. The van der Waals surface area contributed by atoms with Crippen LogP contribution in [0.3, 0.4) is 0 Å². The van der Waals surface area contributed by atoms with Crippen LogP contribution in [0.15, 0.2) is 48.5 Å². The lowest BCUT2D eigenvalue weighted by Gasteiger charge is -2.36. The molecule has 1 fully saturated rings. The van der Waals surface area contributed by atoms with Gasteiger partial charge in [0.2, 0.25) is 11.8 Å². The van der Waals surface area contributed by atoms with Crippen LogP contribution in [0, 0.1) is 0 Å². The lowest BCUT2D eigenvalue weighted by molar-refractivity contribution is -0.129. The summed E-state index contributed by atoms with van der Waals surface area (Å²) in [7, 11) is 1.66. The van der Waals surface area contributed by atoms with E-state index in [-0.39, 0.29) is 18.4 Å². The van der Waals surface area contributed by atoms with Gasteiger partial charge in [-0.05, 0) is 42.5 Å². The number of nitrogens with one attached hydrogen (secondary N) is 2. The van der Waals surface area contributed by atoms with Gasteiger partial charge in [0.05, 0.1) is 13.7 Å². The quantitative estimate of drug-likeness (QED) is 0.803. The van der Waals surface area contributed by atoms with Gasteiger partial charge in [0, 0.05) is 50.2 Å². The number of nitrogens with zero attached hydrogens (tertiary/aromatic N) is 2. The van der Waals surface area contributed by atoms with Crippen LogP contribution in [0.5, 0.6) is 5.75 Å². The van der Waals surface area contributed by atoms with Gasteiger partial charge in [0.15, 0.2) is 0 Å². The first-order chi connectivity index (χ1) is 13.5. The molecule has 1 aliphatic heterocycles. The van der Waals surface area contributed by atoms with Gasteiger partial charge in [-0.3, -0.25) is 9.59 Å². The second-order valence-electron chi connectivity index (χ2n) is 6.68. The number of ether oxygens (including phenoxy) is 1. The van der Waals surface area contributed by atoms with E-state index < -0.39 is 0 Å². The van der Waals surface area contributed by atoms with Crippen molar-refractivity contribution in [1.29, 1.82) is 0 Å². The molecule has 148 valence electrons. The third kappa shape index (κ3) is 5.16. The van der Waals surface area contributed by atoms with Crippen LogP contribution >= 0.6 is 0 Å². The Morgan fingerprint density at radius 1 is 1.00 bits per heavy atom. The average Bonchev–Trinajstić information content (AvgIpc) is 2.72. The van der Waals surface area contributed by atoms with Crippen molar-refractivity contribution in [2.24, 2.45) is 0 Å². The molecule has 7 heteroatoms. The van der Waals surface area contributed by atoms with Gasteiger partial charge < -0.3 is 25.2 Å². The summed E-state index contributed by atoms with van der Waals surface area (Å²) in [4.78, 5) is 27.8. The molecule has 1 heterocycles. The molecule has 0 aromatic heterocycles. The molecule has 2 aromatic carbocycles. The van der Waals surface area contributed by atoms with Gasteiger partial charge in [-0.15, -0.1) is 0 Å². The summed E-state index contributed by atoms with van der Waals surface area (Å²) in [5.74, 6) is 0.786. The summed E-state index contributed by atoms with van der Waals surface area (Å²) < 4.78 is 5.20. The maximum atomic E-state index is 12.5. The number of piperazine rings is 1. The molecule has 7 nitrogen and oxygen atoms in total. The molecule has 2 N–H and O–H groups in total. The smallest absolute Gasteiger partial charge is 0.241 e. The largest absolute Gasteiger partial charge is 0.497 e. The lowest BCUT2D eigenvalue weighted by Crippen LogP contribution is -2.50. The maximum Gasteiger partial charge on any atom is 0.241 e. The third-order valence-electron chi connectivity index (χ3n) is 4.70. The van der Waals surface area contributed by atoms with Crippen LogP contribution in [-0.2, 0) is 9.59 Å². The van der Waals surface area contributed by atoms with E-state index in [0.29, 0.717) is 18.8 Å². The molecule has 0 spiro atoms. The summed E-state index contributed by atoms with van der Waals surface area (Å²) in [6.45, 7) is 4.68. The van der Waals surface area contributed by atoms with Crippen LogP contribution in [0.1, 0.15) is 6.92 Å². The van der Waals surface area contributed by atoms with E-state index in [2.05, 4.69) is 15.5 Å². The molecule has 28 heavy (non-hydrogen) atoms. The van der Waals surface area contributed by atoms with Crippen molar-refractivity contribution in [2.45, 2.75) is 6.92 Å². The fourth-order valence-corrected chi connectivity index (χ4v) is 3.21. The minimum atomic E-state index is -0.122. The van der Waals surface area contributed by atoms with E-state index >= 15 is 0 Å². The number of amides is 2. The molecule has 2 aromatic rings. The number of benzene rings is 2. The second-order valence-corrected chi connectivity index (χ2v) is 6.68. The number of rotatable bonds is 6. The highest BCUT2D eigenvalue weighted by Crippen LogP contribution is 2.20. The molecule has 0 radical (unpaired) electrons. The molecule has 3 rings (SSSR count). The zero-order chi connectivity index (χ0) is 19.9. The first-order valence-corrected chi connectivity index (χ1v) is 9.33. The molecule has 0 unspecified atom stereocenters. The van der Waals surface area contributed by atoms with Gasteiger partial charge in [-0.25, -0.2) is 0 Å². The molecular formula is C21H26N4O3. The van der Waals surface area contributed by atoms with Crippen LogP contribution in [0.25, 0.3) is 0 Å². The Bertz CT molecular complexity index is 815. The Balaban J connectivity index is 1.48. The molecule has 1 aliphatic rings. The monoisotopic (exact) mass is 382 g/mol. The Morgan fingerprint density at radius 3 is 2.32 bits per heavy atom. The fourth-order valence-electron chi connectivity index (χ4n) is 3.21. The van der Waals surface area contributed by atoms with Crippen LogP contribution < -0.4 is 20.3 Å². The Kier molecular flexibility index (Phi) is 6.37. The molecule has 0 atom stereocenters. The zero-order valence-electron chi connectivity index (χ0n) is 16.3. The zero-order valence-corrected chi connectivity index (χ0v) is 16.3. The Hall–Kier alpha value is -3.22. The van der Waals surface area contributed by atoms with Gasteiger partial charge in [0.1, 0.15) is 5.75 Å². The first-order valence-electron chi connectivity index (χ1n) is 9.33. The highest BCUT2D eigenvalue weighted by molar-refractivity contribution is 5.89. The van der Waals surface area contributed by atoms with E-state index in [1.165, 1.54) is 6.92 Å². The Labute approximate surface area is 165 Å². The molecule has 0 aliphatic carbocycles. The van der Waals surface area contributed by atoms with Gasteiger partial charge in [0.25, 0.3) is 0 Å². The second kappa shape index (κ2) is 9.12. The van der Waals surface area contributed by atoms with Crippen molar-refractivity contribution in [1.82, 2.24) is 4.90 Å². The number of anilines is 3. The van der Waals surface area contributed by atoms with Crippen LogP contribution in [0.2, 0.25) is 0 Å². The van der Waals surface area contributed by atoms with Crippen LogP contribution in [-0.4, -0.2) is 56.5 Å². The van der Waals surface area contributed by atoms with Crippen LogP contribution in [0.4, 0.5) is 17.1 Å². The van der Waals surface area contributed by atoms with E-state index in [9.17, 15) is 9.59 Å². The van der Waals surface area contributed by atoms with Crippen molar-refractivity contribution in [3.63, 3.8) is 0 Å². The number of carbonyl (C=O) groups is 2. The predicted octanol–water partition coefficient (Wildman–Crippen LogP) is 2.41. The molecule has 1 saturated heterocycles.